The summed E-state index contributed by atoms with van der Waals surface area (Å²) in [6, 6.07) is 20.9. The SMILES string of the molecule is CN(C)[C@@H](CNC(=O)COc1ccc(OCc2ccccc2)cc1)c1ccco1. The van der Waals surface area contributed by atoms with E-state index in [1.807, 2.05) is 73.6 Å². The highest BCUT2D eigenvalue weighted by atomic mass is 16.5. The van der Waals surface area contributed by atoms with Gasteiger partial charge < -0.3 is 19.2 Å². The minimum Gasteiger partial charge on any atom is -0.489 e. The van der Waals surface area contributed by atoms with Gasteiger partial charge in [-0.25, -0.2) is 0 Å². The van der Waals surface area contributed by atoms with Crippen LogP contribution < -0.4 is 14.8 Å². The molecule has 0 radical (unpaired) electrons. The number of carbonyl (C=O) groups excluding carboxylic acids is 1. The number of benzene rings is 2. The fraction of sp³-hybridized carbons (Fsp3) is 0.261. The third-order valence-corrected chi connectivity index (χ3v) is 4.43. The van der Waals surface area contributed by atoms with E-state index in [4.69, 9.17) is 13.9 Å². The highest BCUT2D eigenvalue weighted by Gasteiger charge is 2.17. The van der Waals surface area contributed by atoms with E-state index in [1.165, 1.54) is 0 Å². The highest BCUT2D eigenvalue weighted by molar-refractivity contribution is 5.77. The van der Waals surface area contributed by atoms with Crippen molar-refractivity contribution < 1.29 is 18.7 Å². The number of likely N-dealkylation sites (N-methyl/N-ethyl adjacent to an activating group) is 1. The Kier molecular flexibility index (Phi) is 7.30. The van der Waals surface area contributed by atoms with Crippen LogP contribution in [0.15, 0.2) is 77.4 Å². The summed E-state index contributed by atoms with van der Waals surface area (Å²) in [4.78, 5) is 14.1. The average molecular weight is 394 g/mol. The van der Waals surface area contributed by atoms with Crippen molar-refractivity contribution >= 4 is 5.91 Å². The van der Waals surface area contributed by atoms with E-state index in [9.17, 15) is 4.79 Å². The predicted octanol–water partition coefficient (Wildman–Crippen LogP) is 3.66. The van der Waals surface area contributed by atoms with Crippen LogP contribution in [0.5, 0.6) is 11.5 Å². The molecule has 1 amide bonds. The summed E-state index contributed by atoms with van der Waals surface area (Å²) in [5.41, 5.74) is 1.11. The monoisotopic (exact) mass is 394 g/mol. The molecular weight excluding hydrogens is 368 g/mol. The van der Waals surface area contributed by atoms with Gasteiger partial charge in [0.25, 0.3) is 5.91 Å². The third kappa shape index (κ3) is 6.40. The molecule has 6 heteroatoms. The topological polar surface area (TPSA) is 63.9 Å². The Hall–Kier alpha value is -3.25. The summed E-state index contributed by atoms with van der Waals surface area (Å²) in [5.74, 6) is 1.98. The number of ether oxygens (including phenoxy) is 2. The van der Waals surface area contributed by atoms with E-state index in [1.54, 1.807) is 18.4 Å². The van der Waals surface area contributed by atoms with Crippen molar-refractivity contribution in [2.75, 3.05) is 27.2 Å². The first-order chi connectivity index (χ1) is 14.1. The molecule has 1 aromatic heterocycles. The summed E-state index contributed by atoms with van der Waals surface area (Å²) in [7, 11) is 3.88. The van der Waals surface area contributed by atoms with Crippen LogP contribution in [0.25, 0.3) is 0 Å². The Morgan fingerprint density at radius 3 is 2.28 bits per heavy atom. The summed E-state index contributed by atoms with van der Waals surface area (Å²) in [5, 5.41) is 2.88. The fourth-order valence-corrected chi connectivity index (χ4v) is 2.80. The molecule has 2 aromatic carbocycles. The fourth-order valence-electron chi connectivity index (χ4n) is 2.80. The molecule has 6 nitrogen and oxygen atoms in total. The van der Waals surface area contributed by atoms with Gasteiger partial charge in [0.15, 0.2) is 6.61 Å². The van der Waals surface area contributed by atoms with Gasteiger partial charge in [0.1, 0.15) is 23.9 Å². The quantitative estimate of drug-likeness (QED) is 0.569. The maximum atomic E-state index is 12.1. The van der Waals surface area contributed by atoms with E-state index in [0.29, 0.717) is 18.9 Å². The van der Waals surface area contributed by atoms with Gasteiger partial charge in [-0.15, -0.1) is 0 Å². The lowest BCUT2D eigenvalue weighted by atomic mass is 10.2. The van der Waals surface area contributed by atoms with Crippen LogP contribution in [-0.2, 0) is 11.4 Å². The zero-order valence-electron chi connectivity index (χ0n) is 16.7. The average Bonchev–Trinajstić information content (AvgIpc) is 3.26. The van der Waals surface area contributed by atoms with Crippen molar-refractivity contribution in [3.05, 3.63) is 84.3 Å². The second kappa shape index (κ2) is 10.3. The Morgan fingerprint density at radius 1 is 0.966 bits per heavy atom. The van der Waals surface area contributed by atoms with Gasteiger partial charge in [0.05, 0.1) is 12.3 Å². The number of hydrogen-bond donors (Lipinski definition) is 1. The zero-order valence-corrected chi connectivity index (χ0v) is 16.7. The summed E-state index contributed by atoms with van der Waals surface area (Å²) >= 11 is 0. The molecule has 0 aliphatic rings. The summed E-state index contributed by atoms with van der Waals surface area (Å²) in [6.07, 6.45) is 1.63. The highest BCUT2D eigenvalue weighted by Crippen LogP contribution is 2.19. The lowest BCUT2D eigenvalue weighted by Crippen LogP contribution is -2.36. The van der Waals surface area contributed by atoms with Gasteiger partial charge in [-0.2, -0.15) is 0 Å². The lowest BCUT2D eigenvalue weighted by Gasteiger charge is -2.22. The van der Waals surface area contributed by atoms with Crippen LogP contribution in [0.4, 0.5) is 0 Å². The van der Waals surface area contributed by atoms with E-state index in [0.717, 1.165) is 17.1 Å². The summed E-state index contributed by atoms with van der Waals surface area (Å²) < 4.78 is 16.8. The van der Waals surface area contributed by atoms with Gasteiger partial charge in [-0.1, -0.05) is 30.3 Å². The molecule has 3 rings (SSSR count). The lowest BCUT2D eigenvalue weighted by molar-refractivity contribution is -0.123. The minimum absolute atomic E-state index is 0.0324. The van der Waals surface area contributed by atoms with Gasteiger partial charge >= 0.3 is 0 Å². The van der Waals surface area contributed by atoms with E-state index < -0.39 is 0 Å². The molecule has 0 fully saturated rings. The Bertz CT molecular complexity index is 862. The van der Waals surface area contributed by atoms with E-state index >= 15 is 0 Å². The molecule has 0 spiro atoms. The predicted molar refractivity (Wildman–Crippen MR) is 111 cm³/mol. The molecule has 1 heterocycles. The van der Waals surface area contributed by atoms with Crippen LogP contribution in [0, 0.1) is 0 Å². The smallest absolute Gasteiger partial charge is 0.258 e. The maximum absolute atomic E-state index is 12.1. The normalized spacial score (nSPS) is 11.8. The van der Waals surface area contributed by atoms with Gasteiger partial charge in [0, 0.05) is 6.54 Å². The number of hydrogen-bond acceptors (Lipinski definition) is 5. The molecule has 29 heavy (non-hydrogen) atoms. The molecule has 1 atom stereocenters. The number of carbonyl (C=O) groups is 1. The Labute approximate surface area is 171 Å². The standard InChI is InChI=1S/C23H26N2O4/c1-25(2)21(22-9-6-14-27-22)15-24-23(26)17-29-20-12-10-19(11-13-20)28-16-18-7-4-3-5-8-18/h3-14,21H,15-17H2,1-2H3,(H,24,26)/t21-/m0/s1. The van der Waals surface area contributed by atoms with Crippen molar-refractivity contribution in [3.63, 3.8) is 0 Å². The third-order valence-electron chi connectivity index (χ3n) is 4.43. The molecule has 0 saturated heterocycles. The molecule has 1 N–H and O–H groups in total. The minimum atomic E-state index is -0.187. The largest absolute Gasteiger partial charge is 0.489 e. The number of nitrogens with one attached hydrogen (secondary N) is 1. The Morgan fingerprint density at radius 2 is 1.66 bits per heavy atom. The van der Waals surface area contributed by atoms with Gasteiger partial charge in [-0.05, 0) is 56.1 Å². The number of amides is 1. The molecule has 0 aliphatic heterocycles. The molecule has 152 valence electrons. The zero-order chi connectivity index (χ0) is 20.5. The molecule has 0 aliphatic carbocycles. The van der Waals surface area contributed by atoms with Crippen molar-refractivity contribution in [3.8, 4) is 11.5 Å². The maximum Gasteiger partial charge on any atom is 0.258 e. The van der Waals surface area contributed by atoms with E-state index in [-0.39, 0.29) is 18.6 Å². The number of rotatable bonds is 10. The van der Waals surface area contributed by atoms with Crippen molar-refractivity contribution in [2.45, 2.75) is 12.6 Å². The van der Waals surface area contributed by atoms with Crippen LogP contribution >= 0.6 is 0 Å². The van der Waals surface area contributed by atoms with Crippen LogP contribution in [0.2, 0.25) is 0 Å². The van der Waals surface area contributed by atoms with Crippen LogP contribution in [0.3, 0.4) is 0 Å². The van der Waals surface area contributed by atoms with Crippen molar-refractivity contribution in [1.29, 1.82) is 0 Å². The molecule has 3 aromatic rings. The first kappa shape index (κ1) is 20.5. The second-order valence-electron chi connectivity index (χ2n) is 6.83. The second-order valence-corrected chi connectivity index (χ2v) is 6.83. The molecule has 0 bridgehead atoms. The van der Waals surface area contributed by atoms with Gasteiger partial charge in [0.2, 0.25) is 0 Å². The Balaban J connectivity index is 1.41. The number of nitrogens with zero attached hydrogens (tertiary/aromatic N) is 1. The first-order valence-electron chi connectivity index (χ1n) is 9.48. The molecule has 0 unspecified atom stereocenters. The van der Waals surface area contributed by atoms with Crippen molar-refractivity contribution in [1.82, 2.24) is 10.2 Å². The molecule has 0 saturated carbocycles. The summed E-state index contributed by atoms with van der Waals surface area (Å²) in [6.45, 7) is 0.893. The molecular formula is C23H26N2O4. The van der Waals surface area contributed by atoms with Gasteiger partial charge in [-0.3, -0.25) is 9.69 Å². The van der Waals surface area contributed by atoms with Crippen molar-refractivity contribution in [2.24, 2.45) is 0 Å². The van der Waals surface area contributed by atoms with Crippen LogP contribution in [0.1, 0.15) is 17.4 Å². The van der Waals surface area contributed by atoms with E-state index in [2.05, 4.69) is 5.32 Å². The number of furan rings is 1. The van der Waals surface area contributed by atoms with Crippen LogP contribution in [-0.4, -0.2) is 38.1 Å². The first-order valence-corrected chi connectivity index (χ1v) is 9.48.